The average Bonchev–Trinajstić information content (AvgIpc) is 2.17. The summed E-state index contributed by atoms with van der Waals surface area (Å²) in [5, 5.41) is 3.49. The summed E-state index contributed by atoms with van der Waals surface area (Å²) < 4.78 is 0. The van der Waals surface area contributed by atoms with Crippen LogP contribution in [-0.2, 0) is 4.79 Å². The van der Waals surface area contributed by atoms with Crippen molar-refractivity contribution in [1.29, 1.82) is 0 Å². The van der Waals surface area contributed by atoms with Crippen molar-refractivity contribution in [3.8, 4) is 0 Å². The number of carbonyl (C=O) groups is 1. The number of nitrogens with one attached hydrogen (secondary N) is 1. The molecule has 1 rings (SSSR count). The first kappa shape index (κ1) is 13.5. The molecule has 3 N–H and O–H groups in total. The molecule has 1 amide bonds. The number of amides is 1. The Balaban J connectivity index is 2.58. The molecule has 0 radical (unpaired) electrons. The minimum absolute atomic E-state index is 0.00796. The van der Waals surface area contributed by atoms with Crippen LogP contribution >= 0.6 is 0 Å². The second-order valence-corrected chi connectivity index (χ2v) is 5.54. The molecule has 1 aliphatic rings. The van der Waals surface area contributed by atoms with Crippen molar-refractivity contribution in [2.45, 2.75) is 58.4 Å². The van der Waals surface area contributed by atoms with Crippen LogP contribution in [0.5, 0.6) is 0 Å². The van der Waals surface area contributed by atoms with E-state index in [-0.39, 0.29) is 11.4 Å². The van der Waals surface area contributed by atoms with Crippen LogP contribution < -0.4 is 11.1 Å². The molecule has 0 spiro atoms. The number of rotatable bonds is 5. The lowest BCUT2D eigenvalue weighted by Crippen LogP contribution is -2.50. The number of hydrogen-bond donors (Lipinski definition) is 2. The molecule has 94 valence electrons. The summed E-state index contributed by atoms with van der Waals surface area (Å²) in [4.78, 5) is 11.1. The van der Waals surface area contributed by atoms with E-state index in [1.165, 1.54) is 12.8 Å². The van der Waals surface area contributed by atoms with Gasteiger partial charge in [-0.25, -0.2) is 0 Å². The molecule has 1 saturated carbocycles. The van der Waals surface area contributed by atoms with Gasteiger partial charge in [-0.3, -0.25) is 4.79 Å². The third-order valence-electron chi connectivity index (χ3n) is 3.99. The standard InChI is InChI=1S/C13H26N2O/c1-4-15-13(9-12(14)16)7-5-11(6-8-13)10(2)3/h10-11,15H,4-9H2,1-3H3,(H2,14,16). The Morgan fingerprint density at radius 3 is 2.38 bits per heavy atom. The van der Waals surface area contributed by atoms with E-state index in [1.807, 2.05) is 0 Å². The minimum Gasteiger partial charge on any atom is -0.370 e. The maximum Gasteiger partial charge on any atom is 0.219 e. The molecule has 1 aliphatic carbocycles. The van der Waals surface area contributed by atoms with Crippen LogP contribution in [0.15, 0.2) is 0 Å². The molecule has 0 aromatic heterocycles. The summed E-state index contributed by atoms with van der Waals surface area (Å²) in [7, 11) is 0. The van der Waals surface area contributed by atoms with Gasteiger partial charge in [0.2, 0.25) is 5.91 Å². The molecule has 1 fully saturated rings. The third-order valence-corrected chi connectivity index (χ3v) is 3.99. The van der Waals surface area contributed by atoms with Gasteiger partial charge in [0, 0.05) is 12.0 Å². The number of primary amides is 1. The number of hydrogen-bond acceptors (Lipinski definition) is 2. The predicted molar refractivity (Wildman–Crippen MR) is 67.0 cm³/mol. The Morgan fingerprint density at radius 1 is 1.44 bits per heavy atom. The molecule has 0 aromatic carbocycles. The molecular weight excluding hydrogens is 200 g/mol. The van der Waals surface area contributed by atoms with E-state index in [0.717, 1.165) is 31.2 Å². The van der Waals surface area contributed by atoms with Crippen LogP contribution in [0.3, 0.4) is 0 Å². The molecule has 0 aliphatic heterocycles. The van der Waals surface area contributed by atoms with Gasteiger partial charge in [-0.1, -0.05) is 20.8 Å². The lowest BCUT2D eigenvalue weighted by atomic mass is 9.71. The van der Waals surface area contributed by atoms with Gasteiger partial charge >= 0.3 is 0 Å². The first-order valence-electron chi connectivity index (χ1n) is 6.52. The molecule has 0 bridgehead atoms. The summed E-state index contributed by atoms with van der Waals surface area (Å²) in [5.74, 6) is 1.40. The summed E-state index contributed by atoms with van der Waals surface area (Å²) in [6, 6.07) is 0. The SMILES string of the molecule is CCNC1(CC(N)=O)CCC(C(C)C)CC1. The summed E-state index contributed by atoms with van der Waals surface area (Å²) in [5.41, 5.74) is 5.35. The summed E-state index contributed by atoms with van der Waals surface area (Å²) in [6.07, 6.45) is 5.11. The second kappa shape index (κ2) is 5.67. The highest BCUT2D eigenvalue weighted by Gasteiger charge is 2.36. The molecule has 3 nitrogen and oxygen atoms in total. The van der Waals surface area contributed by atoms with E-state index < -0.39 is 0 Å². The Labute approximate surface area is 99.2 Å². The van der Waals surface area contributed by atoms with E-state index in [4.69, 9.17) is 5.73 Å². The van der Waals surface area contributed by atoms with E-state index in [1.54, 1.807) is 0 Å². The van der Waals surface area contributed by atoms with Crippen LogP contribution in [0.1, 0.15) is 52.9 Å². The van der Waals surface area contributed by atoms with Crippen LogP contribution in [-0.4, -0.2) is 18.0 Å². The number of nitrogens with two attached hydrogens (primary N) is 1. The normalized spacial score (nSPS) is 30.6. The van der Waals surface area contributed by atoms with Crippen molar-refractivity contribution in [2.75, 3.05) is 6.54 Å². The first-order valence-corrected chi connectivity index (χ1v) is 6.52. The van der Waals surface area contributed by atoms with Crippen molar-refractivity contribution in [1.82, 2.24) is 5.32 Å². The summed E-state index contributed by atoms with van der Waals surface area (Å²) >= 11 is 0. The van der Waals surface area contributed by atoms with E-state index in [0.29, 0.717) is 6.42 Å². The van der Waals surface area contributed by atoms with Gasteiger partial charge in [-0.15, -0.1) is 0 Å². The van der Waals surface area contributed by atoms with E-state index in [9.17, 15) is 4.79 Å². The largest absolute Gasteiger partial charge is 0.370 e. The van der Waals surface area contributed by atoms with Gasteiger partial charge in [0.25, 0.3) is 0 Å². The minimum atomic E-state index is -0.177. The highest BCUT2D eigenvalue weighted by atomic mass is 16.1. The predicted octanol–water partition coefficient (Wildman–Crippen LogP) is 2.06. The van der Waals surface area contributed by atoms with E-state index in [2.05, 4.69) is 26.1 Å². The summed E-state index contributed by atoms with van der Waals surface area (Å²) in [6.45, 7) is 7.59. The van der Waals surface area contributed by atoms with Crippen LogP contribution in [0.4, 0.5) is 0 Å². The Hall–Kier alpha value is -0.570. The average molecular weight is 226 g/mol. The van der Waals surface area contributed by atoms with Crippen molar-refractivity contribution in [2.24, 2.45) is 17.6 Å². The molecule has 0 atom stereocenters. The first-order chi connectivity index (χ1) is 7.49. The van der Waals surface area contributed by atoms with Gasteiger partial charge in [-0.05, 0) is 44.1 Å². The third kappa shape index (κ3) is 3.48. The van der Waals surface area contributed by atoms with Crippen molar-refractivity contribution in [3.63, 3.8) is 0 Å². The second-order valence-electron chi connectivity index (χ2n) is 5.54. The van der Waals surface area contributed by atoms with Gasteiger partial charge in [-0.2, -0.15) is 0 Å². The zero-order chi connectivity index (χ0) is 12.2. The number of carbonyl (C=O) groups excluding carboxylic acids is 1. The fraction of sp³-hybridized carbons (Fsp3) is 0.923. The maximum absolute atomic E-state index is 11.1. The quantitative estimate of drug-likeness (QED) is 0.754. The molecule has 0 saturated heterocycles. The Morgan fingerprint density at radius 2 is 2.00 bits per heavy atom. The van der Waals surface area contributed by atoms with Gasteiger partial charge in [0.15, 0.2) is 0 Å². The van der Waals surface area contributed by atoms with Crippen molar-refractivity contribution in [3.05, 3.63) is 0 Å². The van der Waals surface area contributed by atoms with Crippen LogP contribution in [0.2, 0.25) is 0 Å². The highest BCUT2D eigenvalue weighted by molar-refractivity contribution is 5.75. The topological polar surface area (TPSA) is 55.1 Å². The fourth-order valence-electron chi connectivity index (χ4n) is 2.98. The zero-order valence-corrected chi connectivity index (χ0v) is 10.9. The van der Waals surface area contributed by atoms with Gasteiger partial charge in [0.05, 0.1) is 0 Å². The maximum atomic E-state index is 11.1. The molecule has 0 aromatic rings. The van der Waals surface area contributed by atoms with Gasteiger partial charge < -0.3 is 11.1 Å². The zero-order valence-electron chi connectivity index (χ0n) is 10.9. The monoisotopic (exact) mass is 226 g/mol. The Bertz CT molecular complexity index is 230. The lowest BCUT2D eigenvalue weighted by Gasteiger charge is -2.41. The van der Waals surface area contributed by atoms with Crippen molar-refractivity contribution < 1.29 is 4.79 Å². The molecule has 3 heteroatoms. The lowest BCUT2D eigenvalue weighted by molar-refractivity contribution is -0.120. The van der Waals surface area contributed by atoms with E-state index >= 15 is 0 Å². The molecule has 0 heterocycles. The fourth-order valence-corrected chi connectivity index (χ4v) is 2.98. The Kier molecular flexibility index (Phi) is 4.78. The molecule has 16 heavy (non-hydrogen) atoms. The van der Waals surface area contributed by atoms with Crippen LogP contribution in [0.25, 0.3) is 0 Å². The molecular formula is C13H26N2O. The highest BCUT2D eigenvalue weighted by Crippen LogP contribution is 2.37. The molecule has 0 unspecified atom stereocenters. The van der Waals surface area contributed by atoms with Gasteiger partial charge in [0.1, 0.15) is 0 Å². The smallest absolute Gasteiger partial charge is 0.219 e. The van der Waals surface area contributed by atoms with Crippen LogP contribution in [0, 0.1) is 11.8 Å². The van der Waals surface area contributed by atoms with Crippen molar-refractivity contribution >= 4 is 5.91 Å².